The van der Waals surface area contributed by atoms with Gasteiger partial charge in [0.2, 0.25) is 5.91 Å². The molecule has 2 N–H and O–H groups in total. The Kier molecular flexibility index (Phi) is 6.95. The van der Waals surface area contributed by atoms with Gasteiger partial charge in [0.15, 0.2) is 0 Å². The lowest BCUT2D eigenvalue weighted by molar-refractivity contribution is -0.116. The van der Waals surface area contributed by atoms with Gasteiger partial charge in [-0.25, -0.2) is 4.39 Å². The SMILES string of the molecule is CCCNC(=O)c1ccc(Cl)cc1NC(=O)CCc1ccccc1F. The number of carbonyl (C=O) groups excluding carboxylic acids is 2. The van der Waals surface area contributed by atoms with Gasteiger partial charge < -0.3 is 10.6 Å². The van der Waals surface area contributed by atoms with Crippen LogP contribution in [0.1, 0.15) is 35.7 Å². The Balaban J connectivity index is 2.05. The third kappa shape index (κ3) is 5.57. The van der Waals surface area contributed by atoms with Gasteiger partial charge in [0.05, 0.1) is 11.3 Å². The third-order valence-corrected chi connectivity index (χ3v) is 3.85. The molecule has 0 unspecified atom stereocenters. The number of hydrogen-bond donors (Lipinski definition) is 2. The summed E-state index contributed by atoms with van der Waals surface area (Å²) in [7, 11) is 0. The maximum atomic E-state index is 13.6. The molecule has 0 aliphatic heterocycles. The molecule has 2 amide bonds. The van der Waals surface area contributed by atoms with Crippen LogP contribution in [0, 0.1) is 5.82 Å². The number of carbonyl (C=O) groups is 2. The number of benzene rings is 2. The number of amides is 2. The molecule has 25 heavy (non-hydrogen) atoms. The summed E-state index contributed by atoms with van der Waals surface area (Å²) in [5.74, 6) is -0.921. The summed E-state index contributed by atoms with van der Waals surface area (Å²) in [5.41, 5.74) is 1.17. The lowest BCUT2D eigenvalue weighted by Crippen LogP contribution is -2.26. The summed E-state index contributed by atoms with van der Waals surface area (Å²) >= 11 is 5.97. The summed E-state index contributed by atoms with van der Waals surface area (Å²) < 4.78 is 13.6. The van der Waals surface area contributed by atoms with Gasteiger partial charge in [-0.2, -0.15) is 0 Å². The van der Waals surface area contributed by atoms with Crippen molar-refractivity contribution >= 4 is 29.1 Å². The van der Waals surface area contributed by atoms with Crippen molar-refractivity contribution in [1.29, 1.82) is 0 Å². The minimum absolute atomic E-state index is 0.101. The number of halogens is 2. The highest BCUT2D eigenvalue weighted by molar-refractivity contribution is 6.31. The predicted octanol–water partition coefficient (Wildman–Crippen LogP) is 4.19. The maximum absolute atomic E-state index is 13.6. The summed E-state index contributed by atoms with van der Waals surface area (Å²) in [4.78, 5) is 24.4. The maximum Gasteiger partial charge on any atom is 0.253 e. The molecule has 0 spiro atoms. The monoisotopic (exact) mass is 362 g/mol. The zero-order valence-corrected chi connectivity index (χ0v) is 14.7. The average molecular weight is 363 g/mol. The van der Waals surface area contributed by atoms with Crippen molar-refractivity contribution in [3.63, 3.8) is 0 Å². The van der Waals surface area contributed by atoms with E-state index in [4.69, 9.17) is 11.6 Å². The molecule has 0 aliphatic rings. The highest BCUT2D eigenvalue weighted by Gasteiger charge is 2.14. The van der Waals surface area contributed by atoms with Gasteiger partial charge in [-0.3, -0.25) is 9.59 Å². The molecule has 2 aromatic carbocycles. The van der Waals surface area contributed by atoms with Crippen molar-refractivity contribution in [2.75, 3.05) is 11.9 Å². The molecular formula is C19H20ClFN2O2. The van der Waals surface area contributed by atoms with Crippen LogP contribution in [0.25, 0.3) is 0 Å². The van der Waals surface area contributed by atoms with E-state index in [-0.39, 0.29) is 30.5 Å². The van der Waals surface area contributed by atoms with Crippen LogP contribution < -0.4 is 10.6 Å². The molecular weight excluding hydrogens is 343 g/mol. The summed E-state index contributed by atoms with van der Waals surface area (Å²) in [6.07, 6.45) is 1.18. The second-order valence-corrected chi connectivity index (χ2v) is 6.02. The van der Waals surface area contributed by atoms with E-state index in [9.17, 15) is 14.0 Å². The zero-order valence-electron chi connectivity index (χ0n) is 13.9. The molecule has 0 radical (unpaired) electrons. The van der Waals surface area contributed by atoms with Crippen LogP contribution in [0.15, 0.2) is 42.5 Å². The number of nitrogens with one attached hydrogen (secondary N) is 2. The number of aryl methyl sites for hydroxylation is 1. The van der Waals surface area contributed by atoms with Crippen molar-refractivity contribution < 1.29 is 14.0 Å². The van der Waals surface area contributed by atoms with Crippen LogP contribution in [0.3, 0.4) is 0 Å². The minimum atomic E-state index is -0.335. The van der Waals surface area contributed by atoms with E-state index in [0.717, 1.165) is 6.42 Å². The van der Waals surface area contributed by atoms with Crippen LogP contribution >= 0.6 is 11.6 Å². The molecule has 6 heteroatoms. The first-order valence-electron chi connectivity index (χ1n) is 8.12. The lowest BCUT2D eigenvalue weighted by atomic mass is 10.1. The fourth-order valence-electron chi connectivity index (χ4n) is 2.31. The lowest BCUT2D eigenvalue weighted by Gasteiger charge is -2.12. The summed E-state index contributed by atoms with van der Waals surface area (Å²) in [6.45, 7) is 2.50. The van der Waals surface area contributed by atoms with Crippen LogP contribution in [-0.2, 0) is 11.2 Å². The molecule has 132 valence electrons. The second kappa shape index (κ2) is 9.18. The molecule has 2 aromatic rings. The first kappa shape index (κ1) is 18.9. The zero-order chi connectivity index (χ0) is 18.2. The van der Waals surface area contributed by atoms with Crippen LogP contribution in [0.2, 0.25) is 5.02 Å². The highest BCUT2D eigenvalue weighted by atomic mass is 35.5. The molecule has 0 atom stereocenters. The predicted molar refractivity (Wildman–Crippen MR) is 97.4 cm³/mol. The van der Waals surface area contributed by atoms with Crippen LogP contribution in [0.4, 0.5) is 10.1 Å². The molecule has 0 saturated heterocycles. The standard InChI is InChI=1S/C19H20ClFN2O2/c1-2-11-22-19(25)15-9-8-14(20)12-17(15)23-18(24)10-7-13-5-3-4-6-16(13)21/h3-6,8-9,12H,2,7,10-11H2,1H3,(H,22,25)(H,23,24). The fraction of sp³-hybridized carbons (Fsp3) is 0.263. The van der Waals surface area contributed by atoms with E-state index >= 15 is 0 Å². The molecule has 4 nitrogen and oxygen atoms in total. The van der Waals surface area contributed by atoms with Gasteiger partial charge >= 0.3 is 0 Å². The van der Waals surface area contributed by atoms with Crippen LogP contribution in [-0.4, -0.2) is 18.4 Å². The van der Waals surface area contributed by atoms with Gasteiger partial charge in [0.25, 0.3) is 5.91 Å². The quantitative estimate of drug-likeness (QED) is 0.775. The normalized spacial score (nSPS) is 10.4. The van der Waals surface area contributed by atoms with E-state index in [1.54, 1.807) is 30.3 Å². The molecule has 0 bridgehead atoms. The Bertz CT molecular complexity index is 765. The van der Waals surface area contributed by atoms with Crippen molar-refractivity contribution in [2.24, 2.45) is 0 Å². The van der Waals surface area contributed by atoms with Crippen molar-refractivity contribution in [3.8, 4) is 0 Å². The number of hydrogen-bond acceptors (Lipinski definition) is 2. The van der Waals surface area contributed by atoms with Crippen LogP contribution in [0.5, 0.6) is 0 Å². The van der Waals surface area contributed by atoms with E-state index < -0.39 is 0 Å². The van der Waals surface area contributed by atoms with Gasteiger partial charge in [-0.15, -0.1) is 0 Å². The Hall–Kier alpha value is -2.40. The van der Waals surface area contributed by atoms with E-state index in [2.05, 4.69) is 10.6 Å². The second-order valence-electron chi connectivity index (χ2n) is 5.59. The van der Waals surface area contributed by atoms with Gasteiger partial charge in [-0.1, -0.05) is 36.7 Å². The number of rotatable bonds is 7. The van der Waals surface area contributed by atoms with E-state index in [1.165, 1.54) is 12.1 Å². The minimum Gasteiger partial charge on any atom is -0.352 e. The first-order valence-corrected chi connectivity index (χ1v) is 8.50. The van der Waals surface area contributed by atoms with Crippen molar-refractivity contribution in [1.82, 2.24) is 5.32 Å². The molecule has 0 aromatic heterocycles. The average Bonchev–Trinajstić information content (AvgIpc) is 2.59. The summed E-state index contributed by atoms with van der Waals surface area (Å²) in [6, 6.07) is 11.0. The largest absolute Gasteiger partial charge is 0.352 e. The highest BCUT2D eigenvalue weighted by Crippen LogP contribution is 2.22. The van der Waals surface area contributed by atoms with Crippen molar-refractivity contribution in [3.05, 3.63) is 64.4 Å². The number of anilines is 1. The molecule has 0 aliphatic carbocycles. The molecule has 0 fully saturated rings. The van der Waals surface area contributed by atoms with E-state index in [0.29, 0.717) is 28.4 Å². The topological polar surface area (TPSA) is 58.2 Å². The first-order chi connectivity index (χ1) is 12.0. The Morgan fingerprint density at radius 1 is 1.16 bits per heavy atom. The van der Waals surface area contributed by atoms with Gasteiger partial charge in [0.1, 0.15) is 5.82 Å². The van der Waals surface area contributed by atoms with Gasteiger partial charge in [0, 0.05) is 18.0 Å². The Morgan fingerprint density at radius 2 is 1.92 bits per heavy atom. The third-order valence-electron chi connectivity index (χ3n) is 3.62. The smallest absolute Gasteiger partial charge is 0.253 e. The van der Waals surface area contributed by atoms with Gasteiger partial charge in [-0.05, 0) is 42.7 Å². The molecule has 0 saturated carbocycles. The Labute approximate surface area is 151 Å². The van der Waals surface area contributed by atoms with Crippen molar-refractivity contribution in [2.45, 2.75) is 26.2 Å². The molecule has 2 rings (SSSR count). The molecule has 0 heterocycles. The summed E-state index contributed by atoms with van der Waals surface area (Å²) in [5, 5.41) is 5.87. The fourth-order valence-corrected chi connectivity index (χ4v) is 2.49. The Morgan fingerprint density at radius 3 is 2.64 bits per heavy atom. The van der Waals surface area contributed by atoms with E-state index in [1.807, 2.05) is 6.92 Å².